The van der Waals surface area contributed by atoms with Crippen molar-refractivity contribution in [3.8, 4) is 11.3 Å². The Morgan fingerprint density at radius 3 is 2.43 bits per heavy atom. The van der Waals surface area contributed by atoms with Crippen LogP contribution in [0.2, 0.25) is 0 Å². The number of furan rings is 2. The van der Waals surface area contributed by atoms with Crippen LogP contribution < -0.4 is 5.32 Å². The predicted molar refractivity (Wildman–Crippen MR) is 128 cm³/mol. The molecular formula is C25H19N3O6S. The van der Waals surface area contributed by atoms with Crippen LogP contribution in [0.25, 0.3) is 11.3 Å². The molecule has 1 aliphatic rings. The summed E-state index contributed by atoms with van der Waals surface area (Å²) >= 11 is 5.63. The molecule has 4 heterocycles. The lowest BCUT2D eigenvalue weighted by Gasteiger charge is -2.25. The number of aromatic carboxylic acids is 2. The summed E-state index contributed by atoms with van der Waals surface area (Å²) in [6.07, 6.45) is 3.29. The van der Waals surface area contributed by atoms with Gasteiger partial charge >= 0.3 is 11.9 Å². The molecule has 0 aliphatic carbocycles. The molecule has 1 aliphatic heterocycles. The molecule has 2 atom stereocenters. The summed E-state index contributed by atoms with van der Waals surface area (Å²) in [5.74, 6) is -0.862. The van der Waals surface area contributed by atoms with Crippen LogP contribution in [0.1, 0.15) is 50.0 Å². The minimum atomic E-state index is -1.23. The number of carboxylic acid groups (broad SMARTS) is 2. The predicted octanol–water partition coefficient (Wildman–Crippen LogP) is 4.50. The number of hydrogen-bond acceptors (Lipinski definition) is 6. The first kappa shape index (κ1) is 22.4. The highest BCUT2D eigenvalue weighted by molar-refractivity contribution is 7.80. The monoisotopic (exact) mass is 489 g/mol. The molecule has 0 bridgehead atoms. The van der Waals surface area contributed by atoms with E-state index in [1.807, 2.05) is 29.2 Å². The van der Waals surface area contributed by atoms with Crippen LogP contribution in [0.3, 0.4) is 0 Å². The number of nitrogens with zero attached hydrogens (tertiary/aromatic N) is 2. The van der Waals surface area contributed by atoms with Crippen molar-refractivity contribution >= 4 is 29.3 Å². The van der Waals surface area contributed by atoms with Gasteiger partial charge in [-0.15, -0.1) is 0 Å². The van der Waals surface area contributed by atoms with Crippen LogP contribution >= 0.6 is 12.2 Å². The van der Waals surface area contributed by atoms with E-state index in [0.717, 1.165) is 11.8 Å². The second kappa shape index (κ2) is 9.07. The van der Waals surface area contributed by atoms with Gasteiger partial charge in [0.1, 0.15) is 23.3 Å². The molecule has 10 heteroatoms. The van der Waals surface area contributed by atoms with Crippen LogP contribution in [-0.2, 0) is 6.54 Å². The lowest BCUT2D eigenvalue weighted by Crippen LogP contribution is -2.28. The zero-order chi connectivity index (χ0) is 24.5. The maximum absolute atomic E-state index is 11.5. The summed E-state index contributed by atoms with van der Waals surface area (Å²) in [6.45, 7) is 0.389. The molecule has 3 aromatic heterocycles. The Morgan fingerprint density at radius 2 is 1.80 bits per heavy atom. The Hall–Kier alpha value is -4.44. The summed E-state index contributed by atoms with van der Waals surface area (Å²) in [6, 6.07) is 15.9. The quantitative estimate of drug-likeness (QED) is 0.319. The minimum absolute atomic E-state index is 0.146. The summed E-state index contributed by atoms with van der Waals surface area (Å²) < 4.78 is 11.7. The Labute approximate surface area is 204 Å². The lowest BCUT2D eigenvalue weighted by atomic mass is 10.0. The molecule has 1 aromatic carbocycles. The first-order chi connectivity index (χ1) is 16.9. The van der Waals surface area contributed by atoms with Crippen molar-refractivity contribution in [2.24, 2.45) is 0 Å². The van der Waals surface area contributed by atoms with Crippen LogP contribution in [0.5, 0.6) is 0 Å². The number of pyridine rings is 1. The van der Waals surface area contributed by atoms with Gasteiger partial charge in [0.25, 0.3) is 0 Å². The lowest BCUT2D eigenvalue weighted by molar-refractivity contribution is 0.0696. The van der Waals surface area contributed by atoms with Gasteiger partial charge in [-0.25, -0.2) is 9.59 Å². The van der Waals surface area contributed by atoms with E-state index in [-0.39, 0.29) is 17.2 Å². The summed E-state index contributed by atoms with van der Waals surface area (Å²) in [5.41, 5.74) is 0.814. The molecule has 0 unspecified atom stereocenters. The third kappa shape index (κ3) is 4.38. The van der Waals surface area contributed by atoms with E-state index in [1.54, 1.807) is 30.7 Å². The van der Waals surface area contributed by atoms with Crippen LogP contribution in [0.4, 0.5) is 0 Å². The van der Waals surface area contributed by atoms with Crippen LogP contribution in [0, 0.1) is 0 Å². The number of rotatable bonds is 7. The van der Waals surface area contributed by atoms with Crippen LogP contribution in [0.15, 0.2) is 82.0 Å². The van der Waals surface area contributed by atoms with E-state index >= 15 is 0 Å². The Balaban J connectivity index is 1.56. The SMILES string of the molecule is O=C(O)c1cc(C(=O)O)cc(-c2ccc([C@@H]3[C@H](c4ccccn4)NC(=S)N3Cc3ccco3)o2)c1. The third-order valence-corrected chi connectivity index (χ3v) is 6.09. The maximum Gasteiger partial charge on any atom is 0.335 e. The molecule has 3 N–H and O–H groups in total. The largest absolute Gasteiger partial charge is 0.478 e. The molecule has 35 heavy (non-hydrogen) atoms. The fraction of sp³-hybridized carbons (Fsp3) is 0.120. The number of nitrogens with one attached hydrogen (secondary N) is 1. The summed E-state index contributed by atoms with van der Waals surface area (Å²) in [5, 5.41) is 22.7. The molecule has 176 valence electrons. The number of aromatic nitrogens is 1. The van der Waals surface area contributed by atoms with E-state index in [0.29, 0.717) is 34.5 Å². The number of carboxylic acids is 2. The van der Waals surface area contributed by atoms with Gasteiger partial charge in [-0.3, -0.25) is 4.98 Å². The molecule has 9 nitrogen and oxygen atoms in total. The van der Waals surface area contributed by atoms with Gasteiger partial charge in [0.15, 0.2) is 5.11 Å². The Morgan fingerprint density at radius 1 is 1.03 bits per heavy atom. The van der Waals surface area contributed by atoms with Crippen molar-refractivity contribution in [3.05, 3.63) is 101 Å². The van der Waals surface area contributed by atoms with Crippen molar-refractivity contribution in [2.75, 3.05) is 0 Å². The minimum Gasteiger partial charge on any atom is -0.478 e. The van der Waals surface area contributed by atoms with Gasteiger partial charge in [0.05, 0.1) is 35.7 Å². The molecule has 4 aromatic rings. The van der Waals surface area contributed by atoms with Gasteiger partial charge in [0.2, 0.25) is 0 Å². The van der Waals surface area contributed by atoms with E-state index in [1.165, 1.54) is 12.1 Å². The van der Waals surface area contributed by atoms with Crippen molar-refractivity contribution in [1.29, 1.82) is 0 Å². The van der Waals surface area contributed by atoms with Crippen molar-refractivity contribution in [1.82, 2.24) is 15.2 Å². The van der Waals surface area contributed by atoms with Gasteiger partial charge < -0.3 is 29.3 Å². The van der Waals surface area contributed by atoms with Crippen molar-refractivity contribution < 1.29 is 28.6 Å². The zero-order valence-corrected chi connectivity index (χ0v) is 18.9. The molecule has 0 spiro atoms. The van der Waals surface area contributed by atoms with E-state index in [9.17, 15) is 19.8 Å². The Bertz CT molecular complexity index is 1370. The van der Waals surface area contributed by atoms with E-state index < -0.39 is 18.0 Å². The molecule has 5 rings (SSSR count). The van der Waals surface area contributed by atoms with Gasteiger partial charge in [-0.05, 0) is 66.8 Å². The zero-order valence-electron chi connectivity index (χ0n) is 18.1. The molecule has 0 amide bonds. The highest BCUT2D eigenvalue weighted by Crippen LogP contribution is 2.41. The molecular weight excluding hydrogens is 470 g/mol. The average Bonchev–Trinajstić information content (AvgIpc) is 3.61. The molecule has 1 saturated heterocycles. The third-order valence-electron chi connectivity index (χ3n) is 5.73. The smallest absolute Gasteiger partial charge is 0.335 e. The second-order valence-electron chi connectivity index (χ2n) is 7.95. The molecule has 0 radical (unpaired) electrons. The Kier molecular flexibility index (Phi) is 5.79. The highest BCUT2D eigenvalue weighted by Gasteiger charge is 2.42. The van der Waals surface area contributed by atoms with Crippen molar-refractivity contribution in [3.63, 3.8) is 0 Å². The average molecular weight is 490 g/mol. The highest BCUT2D eigenvalue weighted by atomic mass is 32.1. The fourth-order valence-corrected chi connectivity index (χ4v) is 4.44. The summed E-state index contributed by atoms with van der Waals surface area (Å²) in [4.78, 5) is 29.5. The number of hydrogen-bond donors (Lipinski definition) is 3. The fourth-order valence-electron chi connectivity index (χ4n) is 4.14. The number of benzene rings is 1. The van der Waals surface area contributed by atoms with Gasteiger partial charge in [-0.2, -0.15) is 0 Å². The molecule has 0 saturated carbocycles. The number of thiocarbonyl (C=S) groups is 1. The standard InChI is InChI=1S/C25H19N3O6S/c29-23(30)15-10-14(11-16(12-15)24(31)32)19-6-7-20(34-19)22-21(18-5-1-2-8-26-18)27-25(35)28(22)13-17-4-3-9-33-17/h1-12,21-22H,13H2,(H,27,35)(H,29,30)(H,31,32)/t21-,22+/m0/s1. The molecule has 1 fully saturated rings. The van der Waals surface area contributed by atoms with Gasteiger partial charge in [-0.1, -0.05) is 6.07 Å². The number of carbonyl (C=O) groups is 2. The van der Waals surface area contributed by atoms with Gasteiger partial charge in [0, 0.05) is 11.8 Å². The topological polar surface area (TPSA) is 129 Å². The maximum atomic E-state index is 11.5. The van der Waals surface area contributed by atoms with Crippen LogP contribution in [-0.4, -0.2) is 37.1 Å². The van der Waals surface area contributed by atoms with E-state index in [4.69, 9.17) is 21.1 Å². The van der Waals surface area contributed by atoms with E-state index in [2.05, 4.69) is 10.3 Å². The van der Waals surface area contributed by atoms with Crippen molar-refractivity contribution in [2.45, 2.75) is 18.6 Å². The normalized spacial score (nSPS) is 17.4. The second-order valence-corrected chi connectivity index (χ2v) is 8.33. The first-order valence-electron chi connectivity index (χ1n) is 10.6. The summed E-state index contributed by atoms with van der Waals surface area (Å²) in [7, 11) is 0. The first-order valence-corrected chi connectivity index (χ1v) is 11.0.